The van der Waals surface area contributed by atoms with Gasteiger partial charge in [-0.2, -0.15) is 9.97 Å². The Morgan fingerprint density at radius 2 is 2.17 bits per heavy atom. The minimum absolute atomic E-state index is 0.0861. The second kappa shape index (κ2) is 4.20. The summed E-state index contributed by atoms with van der Waals surface area (Å²) >= 11 is 1.66. The maximum absolute atomic E-state index is 9.69. The summed E-state index contributed by atoms with van der Waals surface area (Å²) in [5, 5.41) is 19.0. The van der Waals surface area contributed by atoms with Crippen LogP contribution in [0.4, 0.5) is 0 Å². The Morgan fingerprint density at radius 3 is 2.89 bits per heavy atom. The van der Waals surface area contributed by atoms with Gasteiger partial charge in [-0.25, -0.2) is 4.98 Å². The first-order valence-corrected chi connectivity index (χ1v) is 6.71. The second-order valence-corrected chi connectivity index (χ2v) is 5.40. The van der Waals surface area contributed by atoms with E-state index in [9.17, 15) is 10.2 Å². The van der Waals surface area contributed by atoms with Gasteiger partial charge in [0.25, 0.3) is 0 Å². The van der Waals surface area contributed by atoms with Crippen molar-refractivity contribution in [1.29, 1.82) is 0 Å². The zero-order valence-corrected chi connectivity index (χ0v) is 10.7. The van der Waals surface area contributed by atoms with Crippen LogP contribution < -0.4 is 0 Å². The third-order valence-electron chi connectivity index (χ3n) is 3.40. The minimum atomic E-state index is -0.354. The number of hydrogen-bond donors (Lipinski definition) is 2. The molecule has 1 unspecified atom stereocenters. The quantitative estimate of drug-likeness (QED) is 0.821. The van der Waals surface area contributed by atoms with Gasteiger partial charge in [-0.15, -0.1) is 11.3 Å². The molecule has 1 atom stereocenters. The average molecular weight is 263 g/mol. The van der Waals surface area contributed by atoms with Crippen molar-refractivity contribution in [3.05, 3.63) is 27.3 Å². The topological polar surface area (TPSA) is 79.1 Å². The third-order valence-corrected chi connectivity index (χ3v) is 4.49. The fraction of sp³-hybridized carbons (Fsp3) is 0.417. The SMILES string of the molecule is Cc1ncsc1C1CCc2c(O)nc(O)nc2C1. The van der Waals surface area contributed by atoms with Gasteiger partial charge < -0.3 is 10.2 Å². The van der Waals surface area contributed by atoms with Gasteiger partial charge in [-0.3, -0.25) is 0 Å². The zero-order valence-electron chi connectivity index (χ0n) is 9.92. The van der Waals surface area contributed by atoms with Crippen molar-refractivity contribution < 1.29 is 10.2 Å². The summed E-state index contributed by atoms with van der Waals surface area (Å²) < 4.78 is 0. The summed E-state index contributed by atoms with van der Waals surface area (Å²) in [6.07, 6.45) is 2.42. The molecule has 0 amide bonds. The molecule has 2 N–H and O–H groups in total. The molecule has 2 aromatic heterocycles. The number of thiazole rings is 1. The number of fused-ring (bicyclic) bond motifs is 1. The van der Waals surface area contributed by atoms with Crippen molar-refractivity contribution in [3.8, 4) is 11.9 Å². The van der Waals surface area contributed by atoms with Crippen LogP contribution in [0, 0.1) is 6.92 Å². The van der Waals surface area contributed by atoms with E-state index in [0.29, 0.717) is 5.92 Å². The molecule has 2 aromatic rings. The van der Waals surface area contributed by atoms with Gasteiger partial charge in [0.1, 0.15) is 0 Å². The van der Waals surface area contributed by atoms with Gasteiger partial charge in [-0.05, 0) is 26.2 Å². The van der Waals surface area contributed by atoms with E-state index in [4.69, 9.17) is 0 Å². The molecular weight excluding hydrogens is 250 g/mol. The third kappa shape index (κ3) is 1.82. The lowest BCUT2D eigenvalue weighted by atomic mass is 9.86. The second-order valence-electron chi connectivity index (χ2n) is 4.51. The Morgan fingerprint density at radius 1 is 1.33 bits per heavy atom. The highest BCUT2D eigenvalue weighted by molar-refractivity contribution is 7.09. The minimum Gasteiger partial charge on any atom is -0.493 e. The lowest BCUT2D eigenvalue weighted by Crippen LogP contribution is -2.15. The summed E-state index contributed by atoms with van der Waals surface area (Å²) in [6.45, 7) is 2.01. The van der Waals surface area contributed by atoms with Crippen molar-refractivity contribution in [3.63, 3.8) is 0 Å². The standard InChI is InChI=1S/C12H13N3O2S/c1-6-10(18-5-13-6)7-2-3-8-9(4-7)14-12(17)15-11(8)16/h5,7H,2-4H2,1H3,(H2,14,15,16,17). The number of aromatic hydroxyl groups is 2. The van der Waals surface area contributed by atoms with Crippen LogP contribution >= 0.6 is 11.3 Å². The van der Waals surface area contributed by atoms with Gasteiger partial charge in [-0.1, -0.05) is 0 Å². The number of hydrogen-bond acceptors (Lipinski definition) is 6. The first-order chi connectivity index (χ1) is 8.65. The number of rotatable bonds is 1. The lowest BCUT2D eigenvalue weighted by molar-refractivity contribution is 0.382. The van der Waals surface area contributed by atoms with Crippen LogP contribution in [-0.4, -0.2) is 25.2 Å². The van der Waals surface area contributed by atoms with Crippen molar-refractivity contribution in [2.75, 3.05) is 0 Å². The van der Waals surface area contributed by atoms with Crippen molar-refractivity contribution >= 4 is 11.3 Å². The van der Waals surface area contributed by atoms with Gasteiger partial charge in [0.05, 0.1) is 16.9 Å². The Bertz CT molecular complexity index is 597. The average Bonchev–Trinajstić information content (AvgIpc) is 2.74. The summed E-state index contributed by atoms with van der Waals surface area (Å²) in [6, 6.07) is -0.354. The molecule has 18 heavy (non-hydrogen) atoms. The predicted octanol–water partition coefficient (Wildman–Crippen LogP) is 1.93. The van der Waals surface area contributed by atoms with Crippen LogP contribution in [0.2, 0.25) is 0 Å². The summed E-state index contributed by atoms with van der Waals surface area (Å²) in [7, 11) is 0. The molecule has 1 aliphatic carbocycles. The van der Waals surface area contributed by atoms with Crippen LogP contribution in [-0.2, 0) is 12.8 Å². The van der Waals surface area contributed by atoms with Crippen molar-refractivity contribution in [2.24, 2.45) is 0 Å². The monoisotopic (exact) mass is 263 g/mol. The van der Waals surface area contributed by atoms with Crippen LogP contribution in [0.1, 0.15) is 34.2 Å². The van der Waals surface area contributed by atoms with Crippen molar-refractivity contribution in [1.82, 2.24) is 15.0 Å². The summed E-state index contributed by atoms with van der Waals surface area (Å²) in [5.41, 5.74) is 4.45. The highest BCUT2D eigenvalue weighted by atomic mass is 32.1. The molecule has 1 aliphatic rings. The van der Waals surface area contributed by atoms with Gasteiger partial charge in [0.2, 0.25) is 5.88 Å². The van der Waals surface area contributed by atoms with Crippen molar-refractivity contribution in [2.45, 2.75) is 32.1 Å². The van der Waals surface area contributed by atoms with Gasteiger partial charge >= 0.3 is 6.01 Å². The molecule has 3 rings (SSSR count). The van der Waals surface area contributed by atoms with E-state index < -0.39 is 0 Å². The highest BCUT2D eigenvalue weighted by Gasteiger charge is 2.26. The first kappa shape index (κ1) is 11.4. The molecule has 0 spiro atoms. The fourth-order valence-electron chi connectivity index (χ4n) is 2.51. The molecule has 0 saturated carbocycles. The Kier molecular flexibility index (Phi) is 2.66. The van der Waals surface area contributed by atoms with Gasteiger partial charge in [0.15, 0.2) is 0 Å². The molecule has 0 fully saturated rings. The van der Waals surface area contributed by atoms with Crippen LogP contribution in [0.15, 0.2) is 5.51 Å². The molecule has 6 heteroatoms. The summed E-state index contributed by atoms with van der Waals surface area (Å²) in [4.78, 5) is 13.2. The van der Waals surface area contributed by atoms with E-state index in [2.05, 4.69) is 15.0 Å². The van der Waals surface area contributed by atoms with Crippen LogP contribution in [0.5, 0.6) is 11.9 Å². The first-order valence-electron chi connectivity index (χ1n) is 5.83. The largest absolute Gasteiger partial charge is 0.493 e. The van der Waals surface area contributed by atoms with E-state index in [1.165, 1.54) is 4.88 Å². The Hall–Kier alpha value is -1.69. The lowest BCUT2D eigenvalue weighted by Gasteiger charge is -2.23. The van der Waals surface area contributed by atoms with E-state index in [0.717, 1.165) is 36.2 Å². The normalized spacial score (nSPS) is 18.6. The predicted molar refractivity (Wildman–Crippen MR) is 67.0 cm³/mol. The van der Waals surface area contributed by atoms with E-state index in [1.807, 2.05) is 12.4 Å². The molecule has 0 saturated heterocycles. The molecule has 0 radical (unpaired) electrons. The van der Waals surface area contributed by atoms with Crippen LogP contribution in [0.25, 0.3) is 0 Å². The molecule has 2 heterocycles. The van der Waals surface area contributed by atoms with E-state index in [-0.39, 0.29) is 11.9 Å². The molecule has 0 aromatic carbocycles. The molecular formula is C12H13N3O2S. The van der Waals surface area contributed by atoms with Crippen LogP contribution in [0.3, 0.4) is 0 Å². The fourth-order valence-corrected chi connectivity index (χ4v) is 3.45. The molecule has 0 aliphatic heterocycles. The molecule has 94 valence electrons. The smallest absolute Gasteiger partial charge is 0.317 e. The maximum Gasteiger partial charge on any atom is 0.317 e. The van der Waals surface area contributed by atoms with Gasteiger partial charge in [0, 0.05) is 16.4 Å². The Labute approximate surface area is 108 Å². The molecule has 5 nitrogen and oxygen atoms in total. The number of aromatic nitrogens is 3. The zero-order chi connectivity index (χ0) is 12.7. The number of nitrogens with zero attached hydrogens (tertiary/aromatic N) is 3. The maximum atomic E-state index is 9.69. The summed E-state index contributed by atoms with van der Waals surface area (Å²) in [5.74, 6) is 0.288. The van der Waals surface area contributed by atoms with E-state index in [1.54, 1.807) is 11.3 Å². The highest BCUT2D eigenvalue weighted by Crippen LogP contribution is 2.37. The van der Waals surface area contributed by atoms with E-state index >= 15 is 0 Å². The Balaban J connectivity index is 1.96. The number of aryl methyl sites for hydroxylation is 1. The molecule has 0 bridgehead atoms.